The largest absolute Gasteiger partial charge is 0.338 e. The standard InChI is InChI=1S/C26H33N5O2S/c1-18(2)16-27-25(33)28-24(32)17-34-26-30-29-23(31(26)21-12-4-3-5-13-21)15-20-11-8-10-19-9-6-7-14-22(19)20/h6-11,14,18,21H,3-5,12-13,15-17H2,1-2H3,(H2,27,28,32,33). The Balaban J connectivity index is 1.50. The third-order valence-electron chi connectivity index (χ3n) is 6.16. The van der Waals surface area contributed by atoms with Crippen molar-refractivity contribution in [3.63, 3.8) is 0 Å². The van der Waals surface area contributed by atoms with E-state index in [2.05, 4.69) is 67.9 Å². The number of aromatic nitrogens is 3. The Morgan fingerprint density at radius 2 is 1.82 bits per heavy atom. The molecule has 4 rings (SSSR count). The number of fused-ring (bicyclic) bond motifs is 1. The van der Waals surface area contributed by atoms with E-state index in [4.69, 9.17) is 0 Å². The molecule has 8 heteroatoms. The number of thioether (sulfide) groups is 1. The van der Waals surface area contributed by atoms with Crippen molar-refractivity contribution in [2.24, 2.45) is 5.92 Å². The molecule has 0 atom stereocenters. The maximum Gasteiger partial charge on any atom is 0.321 e. The second kappa shape index (κ2) is 11.5. The van der Waals surface area contributed by atoms with Gasteiger partial charge in [0, 0.05) is 19.0 Å². The summed E-state index contributed by atoms with van der Waals surface area (Å²) in [5.74, 6) is 1.04. The van der Waals surface area contributed by atoms with Crippen LogP contribution in [0.4, 0.5) is 4.79 Å². The number of hydrogen-bond donors (Lipinski definition) is 2. The maximum atomic E-state index is 12.4. The average molecular weight is 480 g/mol. The second-order valence-corrected chi connectivity index (χ2v) is 10.3. The molecule has 0 aliphatic heterocycles. The molecule has 0 unspecified atom stereocenters. The molecule has 2 aromatic carbocycles. The lowest BCUT2D eigenvalue weighted by Gasteiger charge is -2.25. The molecule has 1 aromatic heterocycles. The summed E-state index contributed by atoms with van der Waals surface area (Å²) in [7, 11) is 0. The molecule has 1 saturated carbocycles. The molecule has 1 aliphatic carbocycles. The number of carbonyl (C=O) groups excluding carboxylic acids is 2. The summed E-state index contributed by atoms with van der Waals surface area (Å²) < 4.78 is 2.25. The van der Waals surface area contributed by atoms with Crippen LogP contribution in [0.5, 0.6) is 0 Å². The van der Waals surface area contributed by atoms with Crippen LogP contribution in [0.15, 0.2) is 47.6 Å². The van der Waals surface area contributed by atoms with Gasteiger partial charge in [-0.25, -0.2) is 4.79 Å². The third kappa shape index (κ3) is 6.17. The van der Waals surface area contributed by atoms with E-state index < -0.39 is 6.03 Å². The molecule has 1 fully saturated rings. The number of hydrogen-bond acceptors (Lipinski definition) is 5. The van der Waals surface area contributed by atoms with E-state index >= 15 is 0 Å². The predicted molar refractivity (Wildman–Crippen MR) is 136 cm³/mol. The number of urea groups is 1. The van der Waals surface area contributed by atoms with Crippen molar-refractivity contribution >= 4 is 34.5 Å². The molecule has 3 aromatic rings. The zero-order valence-electron chi connectivity index (χ0n) is 19.9. The quantitative estimate of drug-likeness (QED) is 0.439. The van der Waals surface area contributed by atoms with Crippen LogP contribution in [0.2, 0.25) is 0 Å². The molecule has 180 valence electrons. The normalized spacial score (nSPS) is 14.4. The van der Waals surface area contributed by atoms with Gasteiger partial charge in [-0.15, -0.1) is 10.2 Å². The molecular weight excluding hydrogens is 446 g/mol. The molecular formula is C26H33N5O2S. The van der Waals surface area contributed by atoms with E-state index in [0.717, 1.165) is 23.8 Å². The lowest BCUT2D eigenvalue weighted by molar-refractivity contribution is -0.117. The van der Waals surface area contributed by atoms with Gasteiger partial charge in [0.05, 0.1) is 5.75 Å². The molecule has 1 aliphatic rings. The number of carbonyl (C=O) groups is 2. The van der Waals surface area contributed by atoms with Crippen LogP contribution in [0.1, 0.15) is 63.4 Å². The summed E-state index contributed by atoms with van der Waals surface area (Å²) in [4.78, 5) is 24.3. The van der Waals surface area contributed by atoms with Crippen molar-refractivity contribution in [1.82, 2.24) is 25.4 Å². The zero-order chi connectivity index (χ0) is 23.9. The molecule has 7 nitrogen and oxygen atoms in total. The fourth-order valence-corrected chi connectivity index (χ4v) is 5.31. The van der Waals surface area contributed by atoms with Crippen LogP contribution >= 0.6 is 11.8 Å². The summed E-state index contributed by atoms with van der Waals surface area (Å²) in [6, 6.07) is 14.6. The molecule has 0 radical (unpaired) electrons. The summed E-state index contributed by atoms with van der Waals surface area (Å²) in [6.45, 7) is 4.54. The van der Waals surface area contributed by atoms with Crippen LogP contribution < -0.4 is 10.6 Å². The van der Waals surface area contributed by atoms with Gasteiger partial charge in [-0.2, -0.15) is 0 Å². The molecule has 3 amide bonds. The summed E-state index contributed by atoms with van der Waals surface area (Å²) in [5, 5.41) is 17.3. The van der Waals surface area contributed by atoms with Crippen LogP contribution in [0, 0.1) is 5.92 Å². The molecule has 0 saturated heterocycles. The van der Waals surface area contributed by atoms with E-state index in [9.17, 15) is 9.59 Å². The van der Waals surface area contributed by atoms with Gasteiger partial charge in [0.2, 0.25) is 5.91 Å². The average Bonchev–Trinajstić information content (AvgIpc) is 3.24. The number of amides is 3. The van der Waals surface area contributed by atoms with Crippen molar-refractivity contribution in [3.05, 3.63) is 53.9 Å². The van der Waals surface area contributed by atoms with Gasteiger partial charge in [0.15, 0.2) is 5.16 Å². The first-order valence-corrected chi connectivity index (χ1v) is 13.1. The maximum absolute atomic E-state index is 12.4. The van der Waals surface area contributed by atoms with Gasteiger partial charge >= 0.3 is 6.03 Å². The fraction of sp³-hybridized carbons (Fsp3) is 0.462. The van der Waals surface area contributed by atoms with Crippen LogP contribution in [0.25, 0.3) is 10.8 Å². The van der Waals surface area contributed by atoms with Crippen LogP contribution in [0.3, 0.4) is 0 Å². The van der Waals surface area contributed by atoms with Gasteiger partial charge in [-0.05, 0) is 35.1 Å². The van der Waals surface area contributed by atoms with E-state index in [1.807, 2.05) is 13.8 Å². The van der Waals surface area contributed by atoms with Gasteiger partial charge in [0.25, 0.3) is 0 Å². The van der Waals surface area contributed by atoms with Gasteiger partial charge in [-0.3, -0.25) is 10.1 Å². The minimum atomic E-state index is -0.454. The fourth-order valence-electron chi connectivity index (χ4n) is 4.48. The van der Waals surface area contributed by atoms with Gasteiger partial charge < -0.3 is 9.88 Å². The number of rotatable bonds is 8. The summed E-state index contributed by atoms with van der Waals surface area (Å²) in [5.41, 5.74) is 1.22. The third-order valence-corrected chi connectivity index (χ3v) is 7.10. The number of benzene rings is 2. The first-order chi connectivity index (χ1) is 16.5. The van der Waals surface area contributed by atoms with Gasteiger partial charge in [-0.1, -0.05) is 87.3 Å². The minimum absolute atomic E-state index is 0.119. The predicted octanol–water partition coefficient (Wildman–Crippen LogP) is 5.10. The highest BCUT2D eigenvalue weighted by Crippen LogP contribution is 2.33. The Hall–Kier alpha value is -2.87. The highest BCUT2D eigenvalue weighted by molar-refractivity contribution is 7.99. The lowest BCUT2D eigenvalue weighted by Crippen LogP contribution is -2.41. The first-order valence-electron chi connectivity index (χ1n) is 12.1. The Kier molecular flexibility index (Phi) is 8.21. The summed E-state index contributed by atoms with van der Waals surface area (Å²) >= 11 is 1.35. The monoisotopic (exact) mass is 479 g/mol. The van der Waals surface area contributed by atoms with E-state index in [1.165, 1.54) is 47.4 Å². The van der Waals surface area contributed by atoms with Crippen molar-refractivity contribution in [2.75, 3.05) is 12.3 Å². The minimum Gasteiger partial charge on any atom is -0.338 e. The number of imide groups is 1. The van der Waals surface area contributed by atoms with E-state index in [1.54, 1.807) is 0 Å². The highest BCUT2D eigenvalue weighted by Gasteiger charge is 2.24. The van der Waals surface area contributed by atoms with Crippen molar-refractivity contribution in [3.8, 4) is 0 Å². The van der Waals surface area contributed by atoms with E-state index in [-0.39, 0.29) is 11.7 Å². The van der Waals surface area contributed by atoms with E-state index in [0.29, 0.717) is 24.9 Å². The van der Waals surface area contributed by atoms with Gasteiger partial charge in [0.1, 0.15) is 5.82 Å². The smallest absolute Gasteiger partial charge is 0.321 e. The number of nitrogens with zero attached hydrogens (tertiary/aromatic N) is 3. The molecule has 0 bridgehead atoms. The lowest BCUT2D eigenvalue weighted by atomic mass is 9.95. The Labute approximate surface area is 205 Å². The second-order valence-electron chi connectivity index (χ2n) is 9.32. The first kappa shape index (κ1) is 24.3. The molecule has 34 heavy (non-hydrogen) atoms. The SMILES string of the molecule is CC(C)CNC(=O)NC(=O)CSc1nnc(Cc2cccc3ccccc23)n1C1CCCCC1. The Morgan fingerprint density at radius 3 is 2.62 bits per heavy atom. The van der Waals surface area contributed by atoms with Crippen LogP contribution in [-0.4, -0.2) is 39.0 Å². The Bertz CT molecular complexity index is 1130. The Morgan fingerprint density at radius 1 is 1.06 bits per heavy atom. The zero-order valence-corrected chi connectivity index (χ0v) is 20.7. The van der Waals surface area contributed by atoms with Crippen molar-refractivity contribution < 1.29 is 9.59 Å². The molecule has 0 spiro atoms. The number of nitrogens with one attached hydrogen (secondary N) is 2. The van der Waals surface area contributed by atoms with Crippen molar-refractivity contribution in [2.45, 2.75) is 63.6 Å². The summed E-state index contributed by atoms with van der Waals surface area (Å²) in [6.07, 6.45) is 6.52. The molecule has 2 N–H and O–H groups in total. The van der Waals surface area contributed by atoms with Crippen molar-refractivity contribution in [1.29, 1.82) is 0 Å². The molecule has 1 heterocycles. The highest BCUT2D eigenvalue weighted by atomic mass is 32.2. The van der Waals surface area contributed by atoms with Crippen LogP contribution in [-0.2, 0) is 11.2 Å². The topological polar surface area (TPSA) is 88.9 Å².